The molecular formula is C20H19N5O2. The molecule has 2 heterocycles. The maximum absolute atomic E-state index is 11.2. The molecule has 0 unspecified atom stereocenters. The molecule has 27 heavy (non-hydrogen) atoms. The third-order valence-electron chi connectivity index (χ3n) is 4.31. The zero-order valence-corrected chi connectivity index (χ0v) is 15.0. The highest BCUT2D eigenvalue weighted by Crippen LogP contribution is 2.26. The molecule has 0 aliphatic rings. The van der Waals surface area contributed by atoms with E-state index in [1.165, 1.54) is 6.92 Å². The molecule has 4 rings (SSSR count). The van der Waals surface area contributed by atoms with E-state index in [0.717, 1.165) is 27.7 Å². The lowest BCUT2D eigenvalue weighted by atomic mass is 10.1. The van der Waals surface area contributed by atoms with Crippen molar-refractivity contribution in [2.75, 3.05) is 5.32 Å². The van der Waals surface area contributed by atoms with Crippen LogP contribution in [0.5, 0.6) is 0 Å². The second-order valence-corrected chi connectivity index (χ2v) is 6.37. The van der Waals surface area contributed by atoms with Crippen molar-refractivity contribution in [3.8, 4) is 11.3 Å². The number of carbonyl (C=O) groups excluding carboxylic acids is 1. The number of aromatic nitrogens is 3. The molecule has 7 heteroatoms. The Morgan fingerprint density at radius 3 is 2.74 bits per heavy atom. The number of amides is 1. The molecule has 136 valence electrons. The maximum atomic E-state index is 11.2. The van der Waals surface area contributed by atoms with Gasteiger partial charge in [-0.05, 0) is 30.7 Å². The number of fused-ring (bicyclic) bond motifs is 1. The molecule has 0 saturated carbocycles. The van der Waals surface area contributed by atoms with E-state index in [1.54, 1.807) is 12.4 Å². The van der Waals surface area contributed by atoms with Gasteiger partial charge in [0, 0.05) is 23.6 Å². The summed E-state index contributed by atoms with van der Waals surface area (Å²) in [6.45, 7) is 3.46. The van der Waals surface area contributed by atoms with Gasteiger partial charge in [-0.3, -0.25) is 9.89 Å². The van der Waals surface area contributed by atoms with E-state index in [0.29, 0.717) is 11.8 Å². The van der Waals surface area contributed by atoms with Crippen LogP contribution in [-0.4, -0.2) is 21.1 Å². The third kappa shape index (κ3) is 3.67. The van der Waals surface area contributed by atoms with Crippen molar-refractivity contribution < 1.29 is 9.21 Å². The average Bonchev–Trinajstić information content (AvgIpc) is 3.30. The van der Waals surface area contributed by atoms with Crippen molar-refractivity contribution in [2.24, 2.45) is 0 Å². The van der Waals surface area contributed by atoms with Gasteiger partial charge in [0.25, 0.3) is 6.01 Å². The minimum atomic E-state index is -0.0499. The highest BCUT2D eigenvalue weighted by atomic mass is 16.4. The van der Waals surface area contributed by atoms with E-state index in [-0.39, 0.29) is 11.9 Å². The quantitative estimate of drug-likeness (QED) is 0.496. The number of hydrogen-bond donors (Lipinski definition) is 3. The Kier molecular flexibility index (Phi) is 4.33. The van der Waals surface area contributed by atoms with E-state index in [4.69, 9.17) is 4.42 Å². The van der Waals surface area contributed by atoms with Crippen LogP contribution < -0.4 is 10.6 Å². The highest BCUT2D eigenvalue weighted by molar-refractivity contribution is 5.82. The fourth-order valence-corrected chi connectivity index (χ4v) is 2.93. The summed E-state index contributed by atoms with van der Waals surface area (Å²) < 4.78 is 5.82. The Hall–Kier alpha value is -3.61. The van der Waals surface area contributed by atoms with Crippen LogP contribution in [-0.2, 0) is 4.79 Å². The zero-order valence-electron chi connectivity index (χ0n) is 15.0. The topological polar surface area (TPSA) is 95.8 Å². The van der Waals surface area contributed by atoms with Crippen LogP contribution in [0.2, 0.25) is 0 Å². The van der Waals surface area contributed by atoms with E-state index < -0.39 is 0 Å². The smallest absolute Gasteiger partial charge is 0.299 e. The molecule has 0 aliphatic heterocycles. The van der Waals surface area contributed by atoms with E-state index in [1.807, 2.05) is 49.4 Å². The van der Waals surface area contributed by atoms with Gasteiger partial charge in [0.2, 0.25) is 5.91 Å². The number of rotatable bonds is 5. The van der Waals surface area contributed by atoms with Crippen LogP contribution in [0.4, 0.5) is 11.7 Å². The van der Waals surface area contributed by atoms with Gasteiger partial charge in [-0.2, -0.15) is 5.10 Å². The molecule has 1 atom stereocenters. The molecule has 0 bridgehead atoms. The number of anilines is 2. The standard InChI is InChI=1S/C20H19N5O2/c1-12(23-13(2)26)14-3-5-15(6-4-14)19-11-21-20(27-19)24-17-7-8-18-16(9-17)10-22-25-18/h3-12H,1-2H3,(H,21,24)(H,22,25)(H,23,26)/t12-/m0/s1. The van der Waals surface area contributed by atoms with Crippen molar-refractivity contribution >= 4 is 28.5 Å². The number of aromatic amines is 1. The van der Waals surface area contributed by atoms with Crippen molar-refractivity contribution in [3.05, 3.63) is 60.4 Å². The van der Waals surface area contributed by atoms with Crippen LogP contribution in [0, 0.1) is 0 Å². The van der Waals surface area contributed by atoms with E-state index in [9.17, 15) is 4.79 Å². The minimum Gasteiger partial charge on any atom is -0.423 e. The Morgan fingerprint density at radius 1 is 1.15 bits per heavy atom. The molecular weight excluding hydrogens is 342 g/mol. The Labute approximate surface area is 155 Å². The molecule has 0 spiro atoms. The molecule has 7 nitrogen and oxygen atoms in total. The molecule has 2 aromatic heterocycles. The number of benzene rings is 2. The largest absolute Gasteiger partial charge is 0.423 e. The molecule has 1 amide bonds. The first kappa shape index (κ1) is 16.8. The van der Waals surface area contributed by atoms with Gasteiger partial charge < -0.3 is 15.1 Å². The first-order chi connectivity index (χ1) is 13.1. The van der Waals surface area contributed by atoms with Crippen molar-refractivity contribution in [2.45, 2.75) is 19.9 Å². The Balaban J connectivity index is 1.49. The molecule has 0 fully saturated rings. The number of hydrogen-bond acceptors (Lipinski definition) is 5. The number of nitrogens with one attached hydrogen (secondary N) is 3. The maximum Gasteiger partial charge on any atom is 0.299 e. The second kappa shape index (κ2) is 6.95. The van der Waals surface area contributed by atoms with Gasteiger partial charge >= 0.3 is 0 Å². The molecule has 0 aliphatic carbocycles. The summed E-state index contributed by atoms with van der Waals surface area (Å²) in [4.78, 5) is 15.5. The normalized spacial score (nSPS) is 12.1. The van der Waals surface area contributed by atoms with Gasteiger partial charge in [-0.15, -0.1) is 0 Å². The lowest BCUT2D eigenvalue weighted by Crippen LogP contribution is -2.23. The Bertz CT molecular complexity index is 1080. The predicted octanol–water partition coefficient (Wildman–Crippen LogP) is 4.16. The van der Waals surface area contributed by atoms with Gasteiger partial charge in [-0.1, -0.05) is 24.3 Å². The summed E-state index contributed by atoms with van der Waals surface area (Å²) >= 11 is 0. The summed E-state index contributed by atoms with van der Waals surface area (Å²) in [5.74, 6) is 0.617. The first-order valence-corrected chi connectivity index (χ1v) is 8.62. The van der Waals surface area contributed by atoms with E-state index >= 15 is 0 Å². The number of nitrogens with zero attached hydrogens (tertiary/aromatic N) is 2. The van der Waals surface area contributed by atoms with Gasteiger partial charge in [-0.25, -0.2) is 4.98 Å². The molecule has 3 N–H and O–H groups in total. The summed E-state index contributed by atoms with van der Waals surface area (Å²) in [5, 5.41) is 14.0. The fraction of sp³-hybridized carbons (Fsp3) is 0.150. The van der Waals surface area contributed by atoms with Crippen LogP contribution in [0.3, 0.4) is 0 Å². The lowest BCUT2D eigenvalue weighted by Gasteiger charge is -2.12. The number of oxazole rings is 1. The molecule has 4 aromatic rings. The van der Waals surface area contributed by atoms with Gasteiger partial charge in [0.1, 0.15) is 0 Å². The predicted molar refractivity (Wildman–Crippen MR) is 104 cm³/mol. The summed E-state index contributed by atoms with van der Waals surface area (Å²) in [7, 11) is 0. The number of carbonyl (C=O) groups is 1. The molecule has 2 aromatic carbocycles. The Morgan fingerprint density at radius 2 is 1.96 bits per heavy atom. The highest BCUT2D eigenvalue weighted by Gasteiger charge is 2.10. The average molecular weight is 361 g/mol. The molecule has 0 radical (unpaired) electrons. The zero-order chi connectivity index (χ0) is 18.8. The third-order valence-corrected chi connectivity index (χ3v) is 4.31. The SMILES string of the molecule is CC(=O)N[C@@H](C)c1ccc(-c2cnc(Nc3ccc4[nH]ncc4c3)o2)cc1. The molecule has 0 saturated heterocycles. The van der Waals surface area contributed by atoms with Crippen LogP contribution in [0.1, 0.15) is 25.5 Å². The fourth-order valence-electron chi connectivity index (χ4n) is 2.93. The van der Waals surface area contributed by atoms with E-state index in [2.05, 4.69) is 25.8 Å². The van der Waals surface area contributed by atoms with Gasteiger partial charge in [0.15, 0.2) is 5.76 Å². The lowest BCUT2D eigenvalue weighted by molar-refractivity contribution is -0.119. The van der Waals surface area contributed by atoms with Crippen LogP contribution >= 0.6 is 0 Å². The first-order valence-electron chi connectivity index (χ1n) is 8.62. The number of H-pyrrole nitrogens is 1. The van der Waals surface area contributed by atoms with Crippen molar-refractivity contribution in [1.82, 2.24) is 20.5 Å². The van der Waals surface area contributed by atoms with Crippen molar-refractivity contribution in [3.63, 3.8) is 0 Å². The summed E-state index contributed by atoms with van der Waals surface area (Å²) in [6.07, 6.45) is 3.45. The second-order valence-electron chi connectivity index (χ2n) is 6.37. The van der Waals surface area contributed by atoms with Gasteiger partial charge in [0.05, 0.1) is 24.0 Å². The minimum absolute atomic E-state index is 0.0404. The summed E-state index contributed by atoms with van der Waals surface area (Å²) in [5.41, 5.74) is 3.79. The van der Waals surface area contributed by atoms with Crippen LogP contribution in [0.15, 0.2) is 59.3 Å². The van der Waals surface area contributed by atoms with Crippen molar-refractivity contribution in [1.29, 1.82) is 0 Å². The summed E-state index contributed by atoms with van der Waals surface area (Å²) in [6, 6.07) is 14.1. The monoisotopic (exact) mass is 361 g/mol. The van der Waals surface area contributed by atoms with Crippen LogP contribution in [0.25, 0.3) is 22.2 Å².